The van der Waals surface area contributed by atoms with Crippen LogP contribution in [-0.2, 0) is 14.3 Å². The lowest BCUT2D eigenvalue weighted by molar-refractivity contribution is -0.145. The minimum Gasteiger partial charge on any atom is -0.462 e. The van der Waals surface area contributed by atoms with Crippen LogP contribution < -0.4 is 5.32 Å². The smallest absolute Gasteiger partial charge is 0.320 e. The molecule has 80 valence electrons. The highest BCUT2D eigenvalue weighted by molar-refractivity contribution is 5.71. The van der Waals surface area contributed by atoms with E-state index in [1.165, 1.54) is 12.8 Å². The number of nitrogens with one attached hydrogen (secondary N) is 1. The van der Waals surface area contributed by atoms with Gasteiger partial charge in [-0.05, 0) is 25.7 Å². The molecule has 0 spiro atoms. The predicted molar refractivity (Wildman–Crippen MR) is 51.0 cm³/mol. The van der Waals surface area contributed by atoms with Crippen molar-refractivity contribution in [2.24, 2.45) is 0 Å². The van der Waals surface area contributed by atoms with Crippen molar-refractivity contribution < 1.29 is 14.3 Å². The third-order valence-electron chi connectivity index (χ3n) is 2.57. The third-order valence-corrected chi connectivity index (χ3v) is 2.57. The van der Waals surface area contributed by atoms with Crippen molar-refractivity contribution in [2.45, 2.75) is 37.8 Å². The maximum Gasteiger partial charge on any atom is 0.320 e. The summed E-state index contributed by atoms with van der Waals surface area (Å²) < 4.78 is 10.4. The van der Waals surface area contributed by atoms with E-state index in [1.54, 1.807) is 0 Å². The maximum atomic E-state index is 11.2. The van der Waals surface area contributed by atoms with Crippen LogP contribution in [0.2, 0.25) is 0 Å². The molecule has 1 N–H and O–H groups in total. The SMILES string of the molecule is O=C(CNC1CC1)OCC1CCCO1. The molecule has 0 radical (unpaired) electrons. The first kappa shape index (κ1) is 9.93. The van der Waals surface area contributed by atoms with E-state index in [0.29, 0.717) is 19.2 Å². The molecule has 4 nitrogen and oxygen atoms in total. The van der Waals surface area contributed by atoms with E-state index < -0.39 is 0 Å². The normalized spacial score (nSPS) is 26.4. The number of hydrogen-bond donors (Lipinski definition) is 1. The lowest BCUT2D eigenvalue weighted by Crippen LogP contribution is -2.28. The zero-order valence-electron chi connectivity index (χ0n) is 8.33. The summed E-state index contributed by atoms with van der Waals surface area (Å²) in [6.45, 7) is 1.57. The van der Waals surface area contributed by atoms with Gasteiger partial charge in [0.05, 0.1) is 12.6 Å². The van der Waals surface area contributed by atoms with Gasteiger partial charge in [-0.15, -0.1) is 0 Å². The minimum atomic E-state index is -0.160. The molecule has 4 heteroatoms. The second-order valence-electron chi connectivity index (χ2n) is 3.97. The molecule has 1 aliphatic carbocycles. The Labute approximate surface area is 84.0 Å². The van der Waals surface area contributed by atoms with Crippen molar-refractivity contribution in [3.8, 4) is 0 Å². The van der Waals surface area contributed by atoms with Gasteiger partial charge in [0.1, 0.15) is 6.61 Å². The summed E-state index contributed by atoms with van der Waals surface area (Å²) in [5.74, 6) is -0.160. The fourth-order valence-corrected chi connectivity index (χ4v) is 1.53. The fourth-order valence-electron chi connectivity index (χ4n) is 1.53. The molecule has 14 heavy (non-hydrogen) atoms. The summed E-state index contributed by atoms with van der Waals surface area (Å²) in [5.41, 5.74) is 0. The van der Waals surface area contributed by atoms with Crippen LogP contribution in [-0.4, -0.2) is 37.9 Å². The summed E-state index contributed by atoms with van der Waals surface area (Å²) in [6.07, 6.45) is 4.63. The van der Waals surface area contributed by atoms with Gasteiger partial charge in [0, 0.05) is 12.6 Å². The zero-order chi connectivity index (χ0) is 9.80. The first-order chi connectivity index (χ1) is 6.84. The standard InChI is InChI=1S/C10H17NO3/c12-10(6-11-8-3-4-8)14-7-9-2-1-5-13-9/h8-9,11H,1-7H2. The Morgan fingerprint density at radius 1 is 1.43 bits per heavy atom. The Morgan fingerprint density at radius 2 is 2.29 bits per heavy atom. The van der Waals surface area contributed by atoms with Crippen LogP contribution in [0, 0.1) is 0 Å². The third kappa shape index (κ3) is 3.27. The average Bonchev–Trinajstić information content (AvgIpc) is 2.87. The number of carbonyl (C=O) groups excluding carboxylic acids is 1. The van der Waals surface area contributed by atoms with Gasteiger partial charge in [-0.1, -0.05) is 0 Å². The average molecular weight is 199 g/mol. The summed E-state index contributed by atoms with van der Waals surface area (Å²) in [5, 5.41) is 3.12. The van der Waals surface area contributed by atoms with Gasteiger partial charge in [0.2, 0.25) is 0 Å². The molecule has 0 aromatic heterocycles. The van der Waals surface area contributed by atoms with Gasteiger partial charge in [0.25, 0.3) is 0 Å². The van der Waals surface area contributed by atoms with Gasteiger partial charge in [-0.3, -0.25) is 4.79 Å². The first-order valence-corrected chi connectivity index (χ1v) is 5.35. The zero-order valence-corrected chi connectivity index (χ0v) is 8.33. The van der Waals surface area contributed by atoms with Crippen LogP contribution in [0.5, 0.6) is 0 Å². The number of rotatable bonds is 5. The highest BCUT2D eigenvalue weighted by Crippen LogP contribution is 2.18. The van der Waals surface area contributed by atoms with E-state index in [2.05, 4.69) is 5.32 Å². The molecule has 0 aromatic carbocycles. The molecule has 1 heterocycles. The highest BCUT2D eigenvalue weighted by Gasteiger charge is 2.22. The lowest BCUT2D eigenvalue weighted by Gasteiger charge is -2.10. The molecule has 1 unspecified atom stereocenters. The van der Waals surface area contributed by atoms with E-state index >= 15 is 0 Å². The minimum absolute atomic E-state index is 0.139. The topological polar surface area (TPSA) is 47.6 Å². The summed E-state index contributed by atoms with van der Waals surface area (Å²) in [6, 6.07) is 0.560. The van der Waals surface area contributed by atoms with Crippen LogP contribution in [0.25, 0.3) is 0 Å². The Bertz CT molecular complexity index is 198. The van der Waals surface area contributed by atoms with Crippen molar-refractivity contribution in [1.82, 2.24) is 5.32 Å². The van der Waals surface area contributed by atoms with Crippen LogP contribution in [0.3, 0.4) is 0 Å². The molecular weight excluding hydrogens is 182 g/mol. The molecule has 1 aliphatic heterocycles. The van der Waals surface area contributed by atoms with Crippen molar-refractivity contribution in [3.05, 3.63) is 0 Å². The van der Waals surface area contributed by atoms with Crippen molar-refractivity contribution in [1.29, 1.82) is 0 Å². The molecule has 0 bridgehead atoms. The summed E-state index contributed by atoms with van der Waals surface area (Å²) in [4.78, 5) is 11.2. The Balaban J connectivity index is 1.52. The number of hydrogen-bond acceptors (Lipinski definition) is 4. The Hall–Kier alpha value is -0.610. The van der Waals surface area contributed by atoms with Crippen LogP contribution in [0.4, 0.5) is 0 Å². The first-order valence-electron chi connectivity index (χ1n) is 5.35. The Kier molecular flexibility index (Phi) is 3.37. The number of esters is 1. The monoisotopic (exact) mass is 199 g/mol. The van der Waals surface area contributed by atoms with Gasteiger partial charge in [-0.2, -0.15) is 0 Å². The van der Waals surface area contributed by atoms with Gasteiger partial charge >= 0.3 is 5.97 Å². The van der Waals surface area contributed by atoms with E-state index in [1.807, 2.05) is 0 Å². The largest absolute Gasteiger partial charge is 0.462 e. The molecule has 1 atom stereocenters. The van der Waals surface area contributed by atoms with Crippen LogP contribution in [0.1, 0.15) is 25.7 Å². The van der Waals surface area contributed by atoms with Gasteiger partial charge in [0.15, 0.2) is 0 Å². The molecule has 2 fully saturated rings. The van der Waals surface area contributed by atoms with E-state index in [9.17, 15) is 4.79 Å². The quantitative estimate of drug-likeness (QED) is 0.653. The molecule has 0 amide bonds. The number of ether oxygens (including phenoxy) is 2. The maximum absolute atomic E-state index is 11.2. The second-order valence-corrected chi connectivity index (χ2v) is 3.97. The molecule has 1 saturated heterocycles. The highest BCUT2D eigenvalue weighted by atomic mass is 16.6. The molecule has 1 saturated carbocycles. The van der Waals surface area contributed by atoms with E-state index in [-0.39, 0.29) is 12.1 Å². The molecule has 0 aromatic rings. The predicted octanol–water partition coefficient (Wildman–Crippen LogP) is 0.461. The van der Waals surface area contributed by atoms with E-state index in [4.69, 9.17) is 9.47 Å². The van der Waals surface area contributed by atoms with Crippen molar-refractivity contribution in [3.63, 3.8) is 0 Å². The van der Waals surface area contributed by atoms with Gasteiger partial charge < -0.3 is 14.8 Å². The van der Waals surface area contributed by atoms with Gasteiger partial charge in [-0.25, -0.2) is 0 Å². The number of carbonyl (C=O) groups is 1. The molecular formula is C10H17NO3. The van der Waals surface area contributed by atoms with Crippen LogP contribution >= 0.6 is 0 Å². The van der Waals surface area contributed by atoms with Crippen molar-refractivity contribution in [2.75, 3.05) is 19.8 Å². The van der Waals surface area contributed by atoms with Crippen molar-refractivity contribution >= 4 is 5.97 Å². The lowest BCUT2D eigenvalue weighted by atomic mass is 10.2. The van der Waals surface area contributed by atoms with Crippen LogP contribution in [0.15, 0.2) is 0 Å². The molecule has 2 aliphatic rings. The fraction of sp³-hybridized carbons (Fsp3) is 0.900. The Morgan fingerprint density at radius 3 is 2.93 bits per heavy atom. The summed E-state index contributed by atoms with van der Waals surface area (Å²) >= 11 is 0. The van der Waals surface area contributed by atoms with E-state index in [0.717, 1.165) is 19.4 Å². The second kappa shape index (κ2) is 4.75. The molecule has 2 rings (SSSR count). The summed E-state index contributed by atoms with van der Waals surface area (Å²) in [7, 11) is 0.